The molecule has 2 amide bonds. The van der Waals surface area contributed by atoms with Crippen molar-refractivity contribution in [3.63, 3.8) is 0 Å². The zero-order chi connectivity index (χ0) is 19.3. The Bertz CT molecular complexity index is 919. The van der Waals surface area contributed by atoms with Gasteiger partial charge in [0.1, 0.15) is 17.4 Å². The Morgan fingerprint density at radius 1 is 1.29 bits per heavy atom. The first-order valence-corrected chi connectivity index (χ1v) is 10.0. The summed E-state index contributed by atoms with van der Waals surface area (Å²) < 4.78 is 7.42. The van der Waals surface area contributed by atoms with Crippen molar-refractivity contribution in [1.29, 1.82) is 0 Å². The van der Waals surface area contributed by atoms with Gasteiger partial charge in [0, 0.05) is 57.6 Å². The first-order valence-electron chi connectivity index (χ1n) is 10.0. The second kappa shape index (κ2) is 6.56. The number of ether oxygens (including phenoxy) is 1. The third-order valence-corrected chi connectivity index (χ3v) is 6.50. The number of pyridine rings is 1. The molecule has 0 bridgehead atoms. The molecule has 1 atom stereocenters. The SMILES string of the molecule is CCN1C(=O)[C@H]2CN(C(=O)c3ccc4nccn4c3)CCN2C12CCOCC2. The predicted octanol–water partition coefficient (Wildman–Crippen LogP) is 0.829. The number of piperazine rings is 1. The molecule has 0 N–H and O–H groups in total. The normalized spacial score (nSPS) is 24.9. The van der Waals surface area contributed by atoms with Gasteiger partial charge in [-0.3, -0.25) is 14.5 Å². The van der Waals surface area contributed by atoms with Crippen LogP contribution in [0.2, 0.25) is 0 Å². The van der Waals surface area contributed by atoms with Crippen molar-refractivity contribution < 1.29 is 14.3 Å². The lowest BCUT2D eigenvalue weighted by Crippen LogP contribution is -2.62. The second-order valence-corrected chi connectivity index (χ2v) is 7.75. The van der Waals surface area contributed by atoms with Gasteiger partial charge >= 0.3 is 0 Å². The maximum Gasteiger partial charge on any atom is 0.255 e. The molecule has 5 rings (SSSR count). The molecule has 2 aromatic rings. The minimum absolute atomic E-state index is 0.0287. The van der Waals surface area contributed by atoms with Gasteiger partial charge in [0.25, 0.3) is 5.91 Å². The summed E-state index contributed by atoms with van der Waals surface area (Å²) in [6.45, 7) is 5.88. The van der Waals surface area contributed by atoms with E-state index in [2.05, 4.69) is 9.88 Å². The summed E-state index contributed by atoms with van der Waals surface area (Å²) in [7, 11) is 0. The molecule has 28 heavy (non-hydrogen) atoms. The van der Waals surface area contributed by atoms with Crippen molar-refractivity contribution in [3.05, 3.63) is 36.3 Å². The quantitative estimate of drug-likeness (QED) is 0.768. The summed E-state index contributed by atoms with van der Waals surface area (Å²) in [6, 6.07) is 3.40. The third-order valence-electron chi connectivity index (χ3n) is 6.50. The molecular formula is C20H25N5O3. The van der Waals surface area contributed by atoms with Crippen LogP contribution in [0.25, 0.3) is 5.65 Å². The maximum absolute atomic E-state index is 13.2. The molecule has 148 valence electrons. The number of carbonyl (C=O) groups is 2. The van der Waals surface area contributed by atoms with Crippen molar-refractivity contribution in [3.8, 4) is 0 Å². The summed E-state index contributed by atoms with van der Waals surface area (Å²) in [4.78, 5) is 36.7. The molecule has 0 saturated carbocycles. The molecule has 0 unspecified atom stereocenters. The van der Waals surface area contributed by atoms with E-state index in [9.17, 15) is 9.59 Å². The number of imidazole rings is 1. The van der Waals surface area contributed by atoms with E-state index in [1.54, 1.807) is 6.20 Å². The zero-order valence-corrected chi connectivity index (χ0v) is 16.1. The molecule has 3 fully saturated rings. The summed E-state index contributed by atoms with van der Waals surface area (Å²) in [5.74, 6) is 0.117. The first-order chi connectivity index (χ1) is 13.6. The van der Waals surface area contributed by atoms with Crippen LogP contribution in [0.15, 0.2) is 30.7 Å². The van der Waals surface area contributed by atoms with E-state index in [1.807, 2.05) is 45.7 Å². The number of hydrogen-bond donors (Lipinski definition) is 0. The van der Waals surface area contributed by atoms with Gasteiger partial charge in [-0.25, -0.2) is 4.98 Å². The minimum Gasteiger partial charge on any atom is -0.381 e. The summed E-state index contributed by atoms with van der Waals surface area (Å²) in [5, 5.41) is 0. The lowest BCUT2D eigenvalue weighted by molar-refractivity contribution is -0.135. The molecule has 2 aromatic heterocycles. The van der Waals surface area contributed by atoms with Gasteiger partial charge in [-0.1, -0.05) is 0 Å². The van der Waals surface area contributed by atoms with E-state index in [4.69, 9.17) is 4.74 Å². The van der Waals surface area contributed by atoms with Gasteiger partial charge in [0.15, 0.2) is 0 Å². The average molecular weight is 383 g/mol. The van der Waals surface area contributed by atoms with Crippen LogP contribution in [0.3, 0.4) is 0 Å². The number of likely N-dealkylation sites (N-methyl/N-ethyl adjacent to an activating group) is 1. The Labute approximate surface area is 163 Å². The van der Waals surface area contributed by atoms with E-state index in [0.717, 1.165) is 18.5 Å². The molecule has 3 aliphatic rings. The molecule has 0 radical (unpaired) electrons. The van der Waals surface area contributed by atoms with Crippen LogP contribution in [0, 0.1) is 0 Å². The maximum atomic E-state index is 13.2. The minimum atomic E-state index is -0.257. The van der Waals surface area contributed by atoms with E-state index >= 15 is 0 Å². The number of rotatable bonds is 2. The molecule has 8 nitrogen and oxygen atoms in total. The lowest BCUT2D eigenvalue weighted by Gasteiger charge is -2.48. The Balaban J connectivity index is 1.40. The Morgan fingerprint density at radius 3 is 2.89 bits per heavy atom. The molecule has 0 aromatic carbocycles. The highest BCUT2D eigenvalue weighted by Crippen LogP contribution is 2.41. The van der Waals surface area contributed by atoms with E-state index < -0.39 is 0 Å². The highest BCUT2D eigenvalue weighted by molar-refractivity contribution is 5.95. The van der Waals surface area contributed by atoms with E-state index in [1.165, 1.54) is 0 Å². The number of hydrogen-bond acceptors (Lipinski definition) is 5. The fraction of sp³-hybridized carbons (Fsp3) is 0.550. The van der Waals surface area contributed by atoms with Crippen LogP contribution >= 0.6 is 0 Å². The van der Waals surface area contributed by atoms with E-state index in [0.29, 0.717) is 45.0 Å². The van der Waals surface area contributed by atoms with Crippen LogP contribution in [0.1, 0.15) is 30.1 Å². The van der Waals surface area contributed by atoms with Gasteiger partial charge in [0.05, 0.1) is 18.8 Å². The topological polar surface area (TPSA) is 70.4 Å². The van der Waals surface area contributed by atoms with Crippen molar-refractivity contribution in [1.82, 2.24) is 24.1 Å². The smallest absolute Gasteiger partial charge is 0.255 e. The average Bonchev–Trinajstić information content (AvgIpc) is 3.29. The predicted molar refractivity (Wildman–Crippen MR) is 102 cm³/mol. The van der Waals surface area contributed by atoms with Gasteiger partial charge in [-0.2, -0.15) is 0 Å². The third kappa shape index (κ3) is 2.48. The molecule has 8 heteroatoms. The van der Waals surface area contributed by atoms with Crippen LogP contribution < -0.4 is 0 Å². The highest BCUT2D eigenvalue weighted by Gasteiger charge is 2.57. The van der Waals surface area contributed by atoms with Crippen LogP contribution in [0.4, 0.5) is 0 Å². The molecule has 3 saturated heterocycles. The number of aromatic nitrogens is 2. The summed E-state index contributed by atoms with van der Waals surface area (Å²) in [6.07, 6.45) is 7.04. The summed E-state index contributed by atoms with van der Waals surface area (Å²) in [5.41, 5.74) is 1.20. The highest BCUT2D eigenvalue weighted by atomic mass is 16.5. The monoisotopic (exact) mass is 383 g/mol. The van der Waals surface area contributed by atoms with Crippen LogP contribution in [-0.4, -0.2) is 87.0 Å². The fourth-order valence-electron chi connectivity index (χ4n) is 5.15. The van der Waals surface area contributed by atoms with Crippen LogP contribution in [-0.2, 0) is 9.53 Å². The number of carbonyl (C=O) groups excluding carboxylic acids is 2. The van der Waals surface area contributed by atoms with Gasteiger partial charge < -0.3 is 18.9 Å². The molecule has 0 aliphatic carbocycles. The van der Waals surface area contributed by atoms with Crippen molar-refractivity contribution >= 4 is 17.5 Å². The number of nitrogens with zero attached hydrogens (tertiary/aromatic N) is 5. The molecule has 5 heterocycles. The summed E-state index contributed by atoms with van der Waals surface area (Å²) >= 11 is 0. The van der Waals surface area contributed by atoms with Crippen LogP contribution in [0.5, 0.6) is 0 Å². The first kappa shape index (κ1) is 17.6. The number of fused-ring (bicyclic) bond motifs is 3. The van der Waals surface area contributed by atoms with Gasteiger partial charge in [0.2, 0.25) is 5.91 Å². The molecule has 3 aliphatic heterocycles. The fourth-order valence-corrected chi connectivity index (χ4v) is 5.15. The van der Waals surface area contributed by atoms with Gasteiger partial charge in [-0.15, -0.1) is 0 Å². The van der Waals surface area contributed by atoms with Crippen molar-refractivity contribution in [2.75, 3.05) is 39.4 Å². The van der Waals surface area contributed by atoms with Gasteiger partial charge in [-0.05, 0) is 19.1 Å². The molecule has 1 spiro atoms. The Morgan fingerprint density at radius 2 is 2.11 bits per heavy atom. The Kier molecular flexibility index (Phi) is 4.13. The van der Waals surface area contributed by atoms with E-state index in [-0.39, 0.29) is 23.5 Å². The zero-order valence-electron chi connectivity index (χ0n) is 16.1. The Hall–Kier alpha value is -2.45. The standard InChI is InChI=1S/C20H25N5O3/c1-2-24-19(27)16-14-23(9-10-25(16)20(24)5-11-28-12-6-20)18(26)15-3-4-17-21-7-8-22(17)13-15/h3-4,7-8,13,16H,2,5-6,9-12,14H2,1H3/t16-/m1/s1. The van der Waals surface area contributed by atoms with Crippen molar-refractivity contribution in [2.45, 2.75) is 31.5 Å². The van der Waals surface area contributed by atoms with Crippen molar-refractivity contribution in [2.24, 2.45) is 0 Å². The second-order valence-electron chi connectivity index (χ2n) is 7.75. The largest absolute Gasteiger partial charge is 0.381 e. The number of amides is 2. The molecular weight excluding hydrogens is 358 g/mol. The lowest BCUT2D eigenvalue weighted by atomic mass is 9.96.